The van der Waals surface area contributed by atoms with Gasteiger partial charge in [0.15, 0.2) is 6.61 Å². The van der Waals surface area contributed by atoms with Crippen LogP contribution in [0.25, 0.3) is 0 Å². The number of nitrogens with zero attached hydrogens (tertiary/aromatic N) is 1. The maximum atomic E-state index is 13.0. The van der Waals surface area contributed by atoms with E-state index >= 15 is 0 Å². The number of halogens is 1. The van der Waals surface area contributed by atoms with E-state index in [-0.39, 0.29) is 17.7 Å². The van der Waals surface area contributed by atoms with Gasteiger partial charge in [-0.2, -0.15) is 0 Å². The molecule has 30 heavy (non-hydrogen) atoms. The van der Waals surface area contributed by atoms with Gasteiger partial charge in [0.05, 0.1) is 5.92 Å². The fourth-order valence-electron chi connectivity index (χ4n) is 3.99. The standard InChI is InChI=1S/C22H27FN2O5/c23-18-8-6-16(7-9-18)21(28)25-12-10-17(11-13-25)22(29)30-14-19(26)24-20(27)15-4-2-1-3-5-15/h6-9,15,17H,1-5,10-14H2,(H,24,26,27). The van der Waals surface area contributed by atoms with Gasteiger partial charge in [-0.1, -0.05) is 19.3 Å². The average Bonchev–Trinajstić information content (AvgIpc) is 2.78. The minimum absolute atomic E-state index is 0.138. The highest BCUT2D eigenvalue weighted by atomic mass is 19.1. The number of ether oxygens (including phenoxy) is 1. The number of carbonyl (C=O) groups is 4. The molecule has 2 aliphatic rings. The van der Waals surface area contributed by atoms with E-state index in [1.807, 2.05) is 0 Å². The third kappa shape index (κ3) is 5.87. The summed E-state index contributed by atoms with van der Waals surface area (Å²) in [5, 5.41) is 2.32. The number of amides is 3. The Morgan fingerprint density at radius 3 is 2.20 bits per heavy atom. The van der Waals surface area contributed by atoms with Crippen LogP contribution in [0.15, 0.2) is 24.3 Å². The lowest BCUT2D eigenvalue weighted by molar-refractivity contribution is -0.154. The highest BCUT2D eigenvalue weighted by Crippen LogP contribution is 2.23. The number of imide groups is 1. The Morgan fingerprint density at radius 1 is 0.933 bits per heavy atom. The van der Waals surface area contributed by atoms with Crippen molar-refractivity contribution in [3.63, 3.8) is 0 Å². The zero-order chi connectivity index (χ0) is 21.5. The molecule has 1 N–H and O–H groups in total. The molecule has 1 saturated heterocycles. The van der Waals surface area contributed by atoms with Crippen molar-refractivity contribution >= 4 is 23.7 Å². The van der Waals surface area contributed by atoms with Crippen molar-refractivity contribution in [2.75, 3.05) is 19.7 Å². The largest absolute Gasteiger partial charge is 0.455 e. The SMILES string of the molecule is O=C(COC(=O)C1CCN(C(=O)c2ccc(F)cc2)CC1)NC(=O)C1CCCCC1. The molecule has 0 bridgehead atoms. The lowest BCUT2D eigenvalue weighted by Crippen LogP contribution is -2.42. The normalized spacial score (nSPS) is 18.0. The molecule has 1 aliphatic heterocycles. The third-order valence-corrected chi connectivity index (χ3v) is 5.79. The number of likely N-dealkylation sites (tertiary alicyclic amines) is 1. The molecule has 1 aromatic carbocycles. The summed E-state index contributed by atoms with van der Waals surface area (Å²) in [4.78, 5) is 50.3. The molecule has 0 unspecified atom stereocenters. The fourth-order valence-corrected chi connectivity index (χ4v) is 3.99. The van der Waals surface area contributed by atoms with Crippen molar-refractivity contribution in [1.29, 1.82) is 0 Å². The first kappa shape index (κ1) is 21.9. The molecule has 1 aromatic rings. The molecule has 0 radical (unpaired) electrons. The molecule has 162 valence electrons. The monoisotopic (exact) mass is 418 g/mol. The predicted molar refractivity (Wildman–Crippen MR) is 106 cm³/mol. The van der Waals surface area contributed by atoms with Crippen molar-refractivity contribution in [1.82, 2.24) is 10.2 Å². The first-order chi connectivity index (χ1) is 14.4. The minimum atomic E-state index is -0.608. The van der Waals surface area contributed by atoms with Crippen molar-refractivity contribution in [2.24, 2.45) is 11.8 Å². The predicted octanol–water partition coefficient (Wildman–Crippen LogP) is 2.44. The van der Waals surface area contributed by atoms with Gasteiger partial charge in [0.2, 0.25) is 5.91 Å². The second-order valence-corrected chi connectivity index (χ2v) is 7.93. The molecule has 2 fully saturated rings. The molecular formula is C22H27FN2O5. The number of esters is 1. The van der Waals surface area contributed by atoms with Crippen LogP contribution in [-0.4, -0.2) is 48.3 Å². The molecule has 7 nitrogen and oxygen atoms in total. The fraction of sp³-hybridized carbons (Fsp3) is 0.545. The van der Waals surface area contributed by atoms with Crippen molar-refractivity contribution in [3.05, 3.63) is 35.6 Å². The smallest absolute Gasteiger partial charge is 0.309 e. The zero-order valence-corrected chi connectivity index (χ0v) is 16.9. The Morgan fingerprint density at radius 2 is 1.57 bits per heavy atom. The van der Waals surface area contributed by atoms with Gasteiger partial charge >= 0.3 is 5.97 Å². The summed E-state index contributed by atoms with van der Waals surface area (Å²) in [6.07, 6.45) is 5.52. The van der Waals surface area contributed by atoms with Crippen LogP contribution < -0.4 is 5.32 Å². The molecule has 1 saturated carbocycles. The van der Waals surface area contributed by atoms with Crippen molar-refractivity contribution in [3.8, 4) is 0 Å². The van der Waals surface area contributed by atoms with Gasteiger partial charge in [0.25, 0.3) is 11.8 Å². The van der Waals surface area contributed by atoms with E-state index in [1.54, 1.807) is 4.90 Å². The summed E-state index contributed by atoms with van der Waals surface area (Å²) in [7, 11) is 0. The van der Waals surface area contributed by atoms with E-state index in [2.05, 4.69) is 5.32 Å². The lowest BCUT2D eigenvalue weighted by atomic mass is 9.89. The zero-order valence-electron chi connectivity index (χ0n) is 16.9. The summed E-state index contributed by atoms with van der Waals surface area (Å²) >= 11 is 0. The van der Waals surface area contributed by atoms with Crippen molar-refractivity contribution in [2.45, 2.75) is 44.9 Å². The number of piperidine rings is 1. The molecule has 3 amide bonds. The Hall–Kier alpha value is -2.77. The van der Waals surface area contributed by atoms with Gasteiger partial charge in [-0.15, -0.1) is 0 Å². The summed E-state index contributed by atoms with van der Waals surface area (Å²) < 4.78 is 18.1. The van der Waals surface area contributed by atoms with Gasteiger partial charge in [0.1, 0.15) is 5.82 Å². The van der Waals surface area contributed by atoms with Crippen LogP contribution >= 0.6 is 0 Å². The van der Waals surface area contributed by atoms with E-state index in [0.717, 1.165) is 32.1 Å². The van der Waals surface area contributed by atoms with Crippen molar-refractivity contribution < 1.29 is 28.3 Å². The van der Waals surface area contributed by atoms with E-state index < -0.39 is 30.2 Å². The van der Waals surface area contributed by atoms with E-state index in [1.165, 1.54) is 24.3 Å². The topological polar surface area (TPSA) is 92.8 Å². The van der Waals surface area contributed by atoms with Gasteiger partial charge in [-0.05, 0) is 49.9 Å². The van der Waals surface area contributed by atoms with E-state index in [9.17, 15) is 23.6 Å². The van der Waals surface area contributed by atoms with Crippen LogP contribution in [0.4, 0.5) is 4.39 Å². The van der Waals surface area contributed by atoms with E-state index in [4.69, 9.17) is 4.74 Å². The van der Waals surface area contributed by atoms with Crippen LogP contribution in [-0.2, 0) is 19.1 Å². The number of rotatable bonds is 5. The highest BCUT2D eigenvalue weighted by molar-refractivity contribution is 5.97. The minimum Gasteiger partial charge on any atom is -0.455 e. The van der Waals surface area contributed by atoms with Crippen LogP contribution in [0.1, 0.15) is 55.3 Å². The van der Waals surface area contributed by atoms with E-state index in [0.29, 0.717) is 31.5 Å². The number of hydrogen-bond acceptors (Lipinski definition) is 5. The molecule has 1 aliphatic carbocycles. The highest BCUT2D eigenvalue weighted by Gasteiger charge is 2.29. The maximum absolute atomic E-state index is 13.0. The molecule has 0 aromatic heterocycles. The molecule has 0 spiro atoms. The Labute approximate surface area is 174 Å². The maximum Gasteiger partial charge on any atom is 0.309 e. The molecule has 1 heterocycles. The lowest BCUT2D eigenvalue weighted by Gasteiger charge is -2.31. The van der Waals surface area contributed by atoms with Gasteiger partial charge in [-0.3, -0.25) is 24.5 Å². The quantitative estimate of drug-likeness (QED) is 0.742. The van der Waals surface area contributed by atoms with Gasteiger partial charge in [0, 0.05) is 24.6 Å². The third-order valence-electron chi connectivity index (χ3n) is 5.79. The van der Waals surface area contributed by atoms with Gasteiger partial charge in [-0.25, -0.2) is 4.39 Å². The number of benzene rings is 1. The summed E-state index contributed by atoms with van der Waals surface area (Å²) in [5.41, 5.74) is 0.400. The summed E-state index contributed by atoms with van der Waals surface area (Å²) in [6, 6.07) is 5.35. The molecule has 0 atom stereocenters. The van der Waals surface area contributed by atoms with Crippen LogP contribution in [0.3, 0.4) is 0 Å². The Balaban J connectivity index is 1.38. The van der Waals surface area contributed by atoms with Crippen LogP contribution in [0, 0.1) is 17.7 Å². The number of nitrogens with one attached hydrogen (secondary N) is 1. The molecular weight excluding hydrogens is 391 g/mol. The summed E-state index contributed by atoms with van der Waals surface area (Å²) in [6.45, 7) is 0.274. The second-order valence-electron chi connectivity index (χ2n) is 7.93. The molecule has 8 heteroatoms. The second kappa shape index (κ2) is 10.3. The van der Waals surface area contributed by atoms with Gasteiger partial charge < -0.3 is 9.64 Å². The Bertz CT molecular complexity index is 781. The van der Waals surface area contributed by atoms with Crippen LogP contribution in [0.5, 0.6) is 0 Å². The van der Waals surface area contributed by atoms with Crippen LogP contribution in [0.2, 0.25) is 0 Å². The number of hydrogen-bond donors (Lipinski definition) is 1. The first-order valence-corrected chi connectivity index (χ1v) is 10.5. The first-order valence-electron chi connectivity index (χ1n) is 10.5. The average molecular weight is 418 g/mol. The summed E-state index contributed by atoms with van der Waals surface area (Å²) in [5.74, 6) is -2.54. The number of carbonyl (C=O) groups excluding carboxylic acids is 4. The Kier molecular flexibility index (Phi) is 7.54. The molecule has 3 rings (SSSR count).